The molecule has 3 rings (SSSR count). The molecule has 1 saturated heterocycles. The number of amides is 2. The zero-order chi connectivity index (χ0) is 22.4. The van der Waals surface area contributed by atoms with Gasteiger partial charge in [-0.05, 0) is 60.7 Å². The lowest BCUT2D eigenvalue weighted by Crippen LogP contribution is -2.28. The molecule has 1 heterocycles. The van der Waals surface area contributed by atoms with E-state index >= 15 is 0 Å². The van der Waals surface area contributed by atoms with Crippen LogP contribution in [0.3, 0.4) is 0 Å². The summed E-state index contributed by atoms with van der Waals surface area (Å²) >= 11 is 1.03. The highest BCUT2D eigenvalue weighted by Gasteiger charge is 2.30. The van der Waals surface area contributed by atoms with Crippen molar-refractivity contribution in [2.45, 2.75) is 13.1 Å². The van der Waals surface area contributed by atoms with Gasteiger partial charge in [0.25, 0.3) is 11.8 Å². The number of rotatable bonds is 6. The average Bonchev–Trinajstić information content (AvgIpc) is 3.06. The first-order valence-electron chi connectivity index (χ1n) is 9.21. The molecule has 0 saturated carbocycles. The van der Waals surface area contributed by atoms with Crippen molar-refractivity contribution in [3.63, 3.8) is 0 Å². The minimum atomic E-state index is -4.47. The Morgan fingerprint density at radius 3 is 2.65 bits per heavy atom. The average molecular weight is 449 g/mol. The van der Waals surface area contributed by atoms with Crippen LogP contribution in [-0.4, -0.2) is 30.1 Å². The zero-order valence-corrected chi connectivity index (χ0v) is 17.1. The maximum absolute atomic E-state index is 12.8. The molecular formula is C21H18F3N3O3S. The molecule has 2 N–H and O–H groups in total. The van der Waals surface area contributed by atoms with E-state index in [1.165, 1.54) is 12.1 Å². The van der Waals surface area contributed by atoms with Crippen LogP contribution in [0.15, 0.2) is 58.4 Å². The lowest BCUT2D eigenvalue weighted by Gasteiger charge is -2.06. The molecule has 0 aromatic heterocycles. The largest absolute Gasteiger partial charge is 0.484 e. The van der Waals surface area contributed by atoms with Gasteiger partial charge >= 0.3 is 6.18 Å². The summed E-state index contributed by atoms with van der Waals surface area (Å²) in [6.07, 6.45) is -2.84. The summed E-state index contributed by atoms with van der Waals surface area (Å²) < 4.78 is 43.9. The van der Waals surface area contributed by atoms with Gasteiger partial charge in [-0.2, -0.15) is 13.2 Å². The number of likely N-dealkylation sites (N-methyl/N-ethyl adjacent to an activating group) is 1. The number of aliphatic imine (C=N–C) groups is 1. The van der Waals surface area contributed by atoms with Crippen LogP contribution in [0.1, 0.15) is 18.1 Å². The summed E-state index contributed by atoms with van der Waals surface area (Å²) in [6.45, 7) is 2.24. The molecule has 10 heteroatoms. The minimum Gasteiger partial charge on any atom is -0.484 e. The highest BCUT2D eigenvalue weighted by Crippen LogP contribution is 2.33. The van der Waals surface area contributed by atoms with Crippen LogP contribution < -0.4 is 15.4 Å². The van der Waals surface area contributed by atoms with Gasteiger partial charge in [0.2, 0.25) is 0 Å². The number of thioether (sulfide) groups is 1. The van der Waals surface area contributed by atoms with E-state index in [0.29, 0.717) is 22.8 Å². The Hall–Kier alpha value is -3.27. The molecule has 162 valence electrons. The molecule has 2 amide bonds. The van der Waals surface area contributed by atoms with Gasteiger partial charge in [0.15, 0.2) is 11.8 Å². The first kappa shape index (κ1) is 22.4. The van der Waals surface area contributed by atoms with Crippen LogP contribution in [-0.2, 0) is 15.8 Å². The second kappa shape index (κ2) is 9.69. The molecule has 2 aromatic carbocycles. The fraction of sp³-hybridized carbons (Fsp3) is 0.190. The van der Waals surface area contributed by atoms with Gasteiger partial charge in [-0.25, -0.2) is 4.99 Å². The maximum atomic E-state index is 12.8. The highest BCUT2D eigenvalue weighted by molar-refractivity contribution is 8.18. The van der Waals surface area contributed by atoms with Crippen LogP contribution in [0.2, 0.25) is 0 Å². The normalized spacial score (nSPS) is 16.5. The molecule has 0 bridgehead atoms. The number of nitrogens with zero attached hydrogens (tertiary/aromatic N) is 1. The van der Waals surface area contributed by atoms with E-state index in [1.54, 1.807) is 30.3 Å². The number of carbonyl (C=O) groups excluding carboxylic acids is 2. The van der Waals surface area contributed by atoms with Crippen molar-refractivity contribution in [2.75, 3.05) is 13.2 Å². The Morgan fingerprint density at radius 1 is 1.23 bits per heavy atom. The molecule has 0 atom stereocenters. The molecule has 0 aliphatic carbocycles. The summed E-state index contributed by atoms with van der Waals surface area (Å²) in [4.78, 5) is 28.0. The van der Waals surface area contributed by atoms with E-state index in [-0.39, 0.29) is 23.4 Å². The van der Waals surface area contributed by atoms with E-state index in [9.17, 15) is 22.8 Å². The Balaban J connectivity index is 1.67. The molecule has 0 radical (unpaired) electrons. The van der Waals surface area contributed by atoms with Crippen molar-refractivity contribution in [1.29, 1.82) is 0 Å². The molecule has 0 unspecified atom stereocenters. The van der Waals surface area contributed by atoms with Crippen molar-refractivity contribution in [3.05, 3.63) is 64.6 Å². The predicted molar refractivity (Wildman–Crippen MR) is 113 cm³/mol. The lowest BCUT2D eigenvalue weighted by atomic mass is 10.2. The number of hydrogen-bond donors (Lipinski definition) is 2. The molecular weight excluding hydrogens is 431 g/mol. The van der Waals surface area contributed by atoms with E-state index in [4.69, 9.17) is 4.74 Å². The number of amidine groups is 1. The fourth-order valence-electron chi connectivity index (χ4n) is 2.56. The van der Waals surface area contributed by atoms with Gasteiger partial charge in [-0.3, -0.25) is 9.59 Å². The second-order valence-electron chi connectivity index (χ2n) is 6.34. The standard InChI is InChI=1S/C21H18F3N3O3S/c1-2-25-18(28)12-30-16-8-6-13(7-9-16)10-17-19(29)27-20(31-17)26-15-5-3-4-14(11-15)21(22,23)24/h3-11H,2,12H2,1H3,(H,25,28)(H,26,27,29)/b17-10-. The van der Waals surface area contributed by atoms with Gasteiger partial charge in [0, 0.05) is 6.54 Å². The van der Waals surface area contributed by atoms with Gasteiger partial charge in [-0.1, -0.05) is 18.2 Å². The Morgan fingerprint density at radius 2 is 1.97 bits per heavy atom. The molecule has 6 nitrogen and oxygen atoms in total. The third-order valence-corrected chi connectivity index (χ3v) is 4.89. The van der Waals surface area contributed by atoms with E-state index < -0.39 is 17.6 Å². The molecule has 0 spiro atoms. The fourth-order valence-corrected chi connectivity index (χ4v) is 3.40. The topological polar surface area (TPSA) is 79.8 Å². The van der Waals surface area contributed by atoms with Crippen molar-refractivity contribution in [3.8, 4) is 5.75 Å². The number of alkyl halides is 3. The second-order valence-corrected chi connectivity index (χ2v) is 7.37. The molecule has 31 heavy (non-hydrogen) atoms. The Bertz CT molecular complexity index is 1030. The molecule has 2 aromatic rings. The van der Waals surface area contributed by atoms with Crippen molar-refractivity contribution in [2.24, 2.45) is 4.99 Å². The predicted octanol–water partition coefficient (Wildman–Crippen LogP) is 4.11. The molecule has 1 fully saturated rings. The number of ether oxygens (including phenoxy) is 1. The molecule has 1 aliphatic rings. The van der Waals surface area contributed by atoms with Crippen molar-refractivity contribution in [1.82, 2.24) is 10.6 Å². The Kier molecular flexibility index (Phi) is 7.01. The number of carbonyl (C=O) groups is 2. The van der Waals surface area contributed by atoms with Crippen LogP contribution in [0.5, 0.6) is 5.75 Å². The Labute approximate surface area is 180 Å². The summed E-state index contributed by atoms with van der Waals surface area (Å²) in [6, 6.07) is 11.3. The van der Waals surface area contributed by atoms with Crippen molar-refractivity contribution < 1.29 is 27.5 Å². The van der Waals surface area contributed by atoms with Gasteiger partial charge in [-0.15, -0.1) is 0 Å². The quantitative estimate of drug-likeness (QED) is 0.651. The number of nitrogens with one attached hydrogen (secondary N) is 2. The van der Waals surface area contributed by atoms with Gasteiger partial charge in [0.05, 0.1) is 16.2 Å². The van der Waals surface area contributed by atoms with E-state index in [0.717, 1.165) is 23.9 Å². The van der Waals surface area contributed by atoms with Crippen molar-refractivity contribution >= 4 is 40.5 Å². The number of halogens is 3. The van der Waals surface area contributed by atoms with Crippen LogP contribution in [0.4, 0.5) is 18.9 Å². The van der Waals surface area contributed by atoms with Gasteiger partial charge < -0.3 is 15.4 Å². The summed E-state index contributed by atoms with van der Waals surface area (Å²) in [5.74, 6) is -0.115. The monoisotopic (exact) mass is 449 g/mol. The minimum absolute atomic E-state index is 0.0903. The summed E-state index contributed by atoms with van der Waals surface area (Å²) in [7, 11) is 0. The summed E-state index contributed by atoms with van der Waals surface area (Å²) in [5, 5.41) is 5.36. The first-order valence-corrected chi connectivity index (χ1v) is 10.0. The first-order chi connectivity index (χ1) is 14.7. The van der Waals surface area contributed by atoms with E-state index in [1.807, 2.05) is 6.92 Å². The highest BCUT2D eigenvalue weighted by atomic mass is 32.2. The van der Waals surface area contributed by atoms with Crippen LogP contribution >= 0.6 is 11.8 Å². The number of benzene rings is 2. The lowest BCUT2D eigenvalue weighted by molar-refractivity contribution is -0.137. The van der Waals surface area contributed by atoms with Crippen LogP contribution in [0.25, 0.3) is 6.08 Å². The zero-order valence-electron chi connectivity index (χ0n) is 16.3. The van der Waals surface area contributed by atoms with Gasteiger partial charge in [0.1, 0.15) is 5.75 Å². The maximum Gasteiger partial charge on any atom is 0.416 e. The van der Waals surface area contributed by atoms with E-state index in [2.05, 4.69) is 15.6 Å². The smallest absolute Gasteiger partial charge is 0.416 e. The SMILES string of the molecule is CCNC(=O)COc1ccc(/C=C2\SC(=Nc3cccc(C(F)(F)F)c3)NC2=O)cc1. The third kappa shape index (κ3) is 6.35. The van der Waals surface area contributed by atoms with Crippen LogP contribution in [0, 0.1) is 0 Å². The number of hydrogen-bond acceptors (Lipinski definition) is 5. The third-order valence-electron chi connectivity index (χ3n) is 3.98. The molecule has 1 aliphatic heterocycles. The summed E-state index contributed by atoms with van der Waals surface area (Å²) in [5.41, 5.74) is -0.00950.